The second-order valence-corrected chi connectivity index (χ2v) is 7.38. The number of benzene rings is 1. The molecule has 0 spiro atoms. The summed E-state index contributed by atoms with van der Waals surface area (Å²) < 4.78 is 5.42. The molecule has 3 N–H and O–H groups in total. The molecule has 0 saturated heterocycles. The second-order valence-electron chi connectivity index (χ2n) is 7.38. The molecule has 136 valence electrons. The number of urea groups is 1. The maximum atomic E-state index is 12.0. The molecule has 1 heterocycles. The Morgan fingerprint density at radius 2 is 1.84 bits per heavy atom. The van der Waals surface area contributed by atoms with E-state index in [4.69, 9.17) is 4.42 Å². The zero-order valence-corrected chi connectivity index (χ0v) is 15.6. The van der Waals surface area contributed by atoms with E-state index >= 15 is 0 Å². The summed E-state index contributed by atoms with van der Waals surface area (Å²) in [5.41, 5.74) is 2.82. The number of carbonyl (C=O) groups excluding carboxylic acids is 1. The van der Waals surface area contributed by atoms with Gasteiger partial charge in [0.1, 0.15) is 11.5 Å². The minimum Gasteiger partial charge on any atom is -0.466 e. The molecule has 1 unspecified atom stereocenters. The van der Waals surface area contributed by atoms with Gasteiger partial charge in [0.25, 0.3) is 0 Å². The fourth-order valence-electron chi connectivity index (χ4n) is 2.69. The Hall–Kier alpha value is -2.27. The molecule has 0 aliphatic carbocycles. The van der Waals surface area contributed by atoms with Crippen LogP contribution in [0.1, 0.15) is 55.9 Å². The van der Waals surface area contributed by atoms with Gasteiger partial charge in [-0.1, -0.05) is 32.9 Å². The number of hydrogen-bond acceptors (Lipinski definition) is 3. The average Bonchev–Trinajstić information content (AvgIpc) is 2.85. The summed E-state index contributed by atoms with van der Waals surface area (Å²) >= 11 is 0. The lowest BCUT2D eigenvalue weighted by Crippen LogP contribution is -2.30. The van der Waals surface area contributed by atoms with Gasteiger partial charge < -0.3 is 20.2 Å². The largest absolute Gasteiger partial charge is 0.466 e. The highest BCUT2D eigenvalue weighted by Gasteiger charge is 2.15. The van der Waals surface area contributed by atoms with Crippen molar-refractivity contribution in [3.8, 4) is 0 Å². The van der Waals surface area contributed by atoms with Crippen LogP contribution in [0.15, 0.2) is 34.7 Å². The van der Waals surface area contributed by atoms with E-state index in [1.807, 2.05) is 44.2 Å². The summed E-state index contributed by atoms with van der Waals surface area (Å²) in [5, 5.41) is 15.8. The van der Waals surface area contributed by atoms with E-state index in [9.17, 15) is 9.90 Å². The summed E-state index contributed by atoms with van der Waals surface area (Å²) in [6.07, 6.45) is -0.222. The lowest BCUT2D eigenvalue weighted by molar-refractivity contribution is 0.165. The number of anilines is 1. The molecule has 0 fully saturated rings. The highest BCUT2D eigenvalue weighted by molar-refractivity contribution is 5.89. The van der Waals surface area contributed by atoms with Gasteiger partial charge in [0.05, 0.1) is 6.10 Å². The Kier molecular flexibility index (Phi) is 5.90. The van der Waals surface area contributed by atoms with E-state index in [2.05, 4.69) is 31.4 Å². The van der Waals surface area contributed by atoms with E-state index in [0.29, 0.717) is 18.7 Å². The predicted molar refractivity (Wildman–Crippen MR) is 99.9 cm³/mol. The number of rotatable bonds is 5. The topological polar surface area (TPSA) is 74.5 Å². The fourth-order valence-corrected chi connectivity index (χ4v) is 2.69. The molecule has 2 rings (SSSR count). The smallest absolute Gasteiger partial charge is 0.319 e. The van der Waals surface area contributed by atoms with Crippen LogP contribution in [0.3, 0.4) is 0 Å². The van der Waals surface area contributed by atoms with Gasteiger partial charge >= 0.3 is 6.03 Å². The molecule has 5 heteroatoms. The van der Waals surface area contributed by atoms with Gasteiger partial charge in [-0.2, -0.15) is 0 Å². The highest BCUT2D eigenvalue weighted by Crippen LogP contribution is 2.24. The van der Waals surface area contributed by atoms with E-state index < -0.39 is 6.10 Å². The minimum absolute atomic E-state index is 0.0838. The van der Waals surface area contributed by atoms with Gasteiger partial charge in [-0.25, -0.2) is 4.79 Å². The van der Waals surface area contributed by atoms with Crippen LogP contribution < -0.4 is 10.6 Å². The third kappa shape index (κ3) is 5.36. The first-order chi connectivity index (χ1) is 11.7. The van der Waals surface area contributed by atoms with Crippen LogP contribution in [-0.4, -0.2) is 17.7 Å². The summed E-state index contributed by atoms with van der Waals surface area (Å²) in [5.74, 6) is 1.49. The van der Waals surface area contributed by atoms with Gasteiger partial charge in [-0.15, -0.1) is 0 Å². The van der Waals surface area contributed by atoms with Gasteiger partial charge in [-0.3, -0.25) is 0 Å². The quantitative estimate of drug-likeness (QED) is 0.750. The van der Waals surface area contributed by atoms with Crippen LogP contribution in [-0.2, 0) is 5.41 Å². The summed E-state index contributed by atoms with van der Waals surface area (Å²) in [4.78, 5) is 12.0. The molecule has 2 aromatic rings. The van der Waals surface area contributed by atoms with Crippen LogP contribution >= 0.6 is 0 Å². The van der Waals surface area contributed by atoms with Gasteiger partial charge in [0.2, 0.25) is 0 Å². The molecular weight excluding hydrogens is 316 g/mol. The van der Waals surface area contributed by atoms with Crippen LogP contribution in [0, 0.1) is 13.8 Å². The molecule has 0 aliphatic rings. The molecule has 1 aromatic heterocycles. The molecule has 0 aliphatic heterocycles. The second kappa shape index (κ2) is 7.74. The number of carbonyl (C=O) groups is 1. The zero-order chi connectivity index (χ0) is 18.6. The molecule has 0 radical (unpaired) electrons. The molecule has 25 heavy (non-hydrogen) atoms. The molecular formula is C20H28N2O3. The van der Waals surface area contributed by atoms with Crippen LogP contribution in [0.25, 0.3) is 0 Å². The number of hydrogen-bond donors (Lipinski definition) is 3. The monoisotopic (exact) mass is 344 g/mol. The first-order valence-electron chi connectivity index (χ1n) is 8.57. The Labute approximate surface area is 149 Å². The van der Waals surface area contributed by atoms with Crippen molar-refractivity contribution in [3.63, 3.8) is 0 Å². The summed E-state index contributed by atoms with van der Waals surface area (Å²) in [6, 6.07) is 9.37. The van der Waals surface area contributed by atoms with Crippen LogP contribution in [0.5, 0.6) is 0 Å². The van der Waals surface area contributed by atoms with Gasteiger partial charge in [0, 0.05) is 17.8 Å². The van der Waals surface area contributed by atoms with E-state index in [1.165, 1.54) is 5.56 Å². The summed E-state index contributed by atoms with van der Waals surface area (Å²) in [6.45, 7) is 10.5. The van der Waals surface area contributed by atoms with Crippen LogP contribution in [0.4, 0.5) is 10.5 Å². The van der Waals surface area contributed by atoms with Crippen molar-refractivity contribution in [1.82, 2.24) is 5.32 Å². The van der Waals surface area contributed by atoms with Gasteiger partial charge in [0.15, 0.2) is 0 Å². The van der Waals surface area contributed by atoms with Crippen molar-refractivity contribution in [2.75, 3.05) is 11.9 Å². The number of aliphatic hydroxyl groups excluding tert-OH is 1. The van der Waals surface area contributed by atoms with Crippen molar-refractivity contribution in [1.29, 1.82) is 0 Å². The normalized spacial score (nSPS) is 12.7. The molecule has 0 saturated carbocycles. The molecule has 5 nitrogen and oxygen atoms in total. The number of aliphatic hydroxyl groups is 1. The van der Waals surface area contributed by atoms with E-state index in [1.54, 1.807) is 0 Å². The first-order valence-corrected chi connectivity index (χ1v) is 8.57. The maximum absolute atomic E-state index is 12.0. The van der Waals surface area contributed by atoms with Crippen molar-refractivity contribution < 1.29 is 14.3 Å². The molecule has 1 atom stereocenters. The lowest BCUT2D eigenvalue weighted by atomic mass is 9.87. The number of amides is 2. The fraction of sp³-hybridized carbons (Fsp3) is 0.450. The summed E-state index contributed by atoms with van der Waals surface area (Å²) in [7, 11) is 0. The Balaban J connectivity index is 1.80. The Bertz CT molecular complexity index is 712. The van der Waals surface area contributed by atoms with Crippen molar-refractivity contribution >= 4 is 11.7 Å². The van der Waals surface area contributed by atoms with E-state index in [0.717, 1.165) is 17.0 Å². The van der Waals surface area contributed by atoms with Crippen molar-refractivity contribution in [2.24, 2.45) is 0 Å². The maximum Gasteiger partial charge on any atom is 0.319 e. The highest BCUT2D eigenvalue weighted by atomic mass is 16.3. The number of furan rings is 1. The zero-order valence-electron chi connectivity index (χ0n) is 15.6. The van der Waals surface area contributed by atoms with Crippen molar-refractivity contribution in [2.45, 2.75) is 52.6 Å². The molecule has 0 bridgehead atoms. The predicted octanol–water partition coefficient (Wildman–Crippen LogP) is 4.44. The van der Waals surface area contributed by atoms with E-state index in [-0.39, 0.29) is 11.4 Å². The standard InChI is InChI=1S/C20H28N2O3/c1-13-12-17(14(2)25-13)18(23)10-11-21-19(24)22-16-8-6-15(7-9-16)20(3,4)5/h6-9,12,18,23H,10-11H2,1-5H3,(H2,21,22,24). The molecule has 2 amide bonds. The average molecular weight is 344 g/mol. The molecule has 1 aromatic carbocycles. The third-order valence-corrected chi connectivity index (χ3v) is 4.15. The van der Waals surface area contributed by atoms with Gasteiger partial charge in [-0.05, 0) is 49.4 Å². The Morgan fingerprint density at radius 1 is 1.20 bits per heavy atom. The first kappa shape index (κ1) is 19.1. The number of nitrogens with one attached hydrogen (secondary N) is 2. The SMILES string of the molecule is Cc1cc(C(O)CCNC(=O)Nc2ccc(C(C)(C)C)cc2)c(C)o1. The Morgan fingerprint density at radius 3 is 2.36 bits per heavy atom. The van der Waals surface area contributed by atoms with Crippen molar-refractivity contribution in [3.05, 3.63) is 53.0 Å². The number of aryl methyl sites for hydroxylation is 2. The van der Waals surface area contributed by atoms with Crippen LogP contribution in [0.2, 0.25) is 0 Å². The third-order valence-electron chi connectivity index (χ3n) is 4.15. The minimum atomic E-state index is -0.649. The lowest BCUT2D eigenvalue weighted by Gasteiger charge is -2.19.